The van der Waals surface area contributed by atoms with Crippen LogP contribution in [0.5, 0.6) is 0 Å². The Kier molecular flexibility index (Phi) is 7.28. The normalized spacial score (nSPS) is 10.9. The van der Waals surface area contributed by atoms with Gasteiger partial charge in [0.2, 0.25) is 5.91 Å². The third-order valence-corrected chi connectivity index (χ3v) is 4.23. The van der Waals surface area contributed by atoms with Gasteiger partial charge in [0.05, 0.1) is 6.42 Å². The Hall–Kier alpha value is -3.19. The zero-order chi connectivity index (χ0) is 20.7. The molecule has 0 saturated carbocycles. The largest absolute Gasteiger partial charge is 0.329 e. The summed E-state index contributed by atoms with van der Waals surface area (Å²) in [7, 11) is 0. The summed E-state index contributed by atoms with van der Waals surface area (Å²) >= 11 is 6.02. The van der Waals surface area contributed by atoms with Crippen molar-refractivity contribution in [3.8, 4) is 0 Å². The van der Waals surface area contributed by atoms with Crippen LogP contribution in [0.1, 0.15) is 24.5 Å². The molecule has 3 N–H and O–H groups in total. The Morgan fingerprint density at radius 3 is 2.32 bits per heavy atom. The van der Waals surface area contributed by atoms with Crippen molar-refractivity contribution in [2.45, 2.75) is 27.2 Å². The van der Waals surface area contributed by atoms with Gasteiger partial charge in [0, 0.05) is 22.1 Å². The van der Waals surface area contributed by atoms with E-state index in [0.29, 0.717) is 22.1 Å². The van der Waals surface area contributed by atoms with Crippen LogP contribution < -0.4 is 16.1 Å². The molecule has 0 aliphatic rings. The average molecular weight is 401 g/mol. The van der Waals surface area contributed by atoms with Crippen LogP contribution in [-0.2, 0) is 14.4 Å². The number of benzene rings is 2. The second-order valence-corrected chi connectivity index (χ2v) is 6.65. The summed E-state index contributed by atoms with van der Waals surface area (Å²) in [5.41, 5.74) is 5.38. The van der Waals surface area contributed by atoms with Gasteiger partial charge in [-0.1, -0.05) is 35.4 Å². The van der Waals surface area contributed by atoms with Crippen LogP contribution in [0, 0.1) is 13.8 Å². The van der Waals surface area contributed by atoms with E-state index in [9.17, 15) is 14.4 Å². The first kappa shape index (κ1) is 21.1. The minimum absolute atomic E-state index is 0.0498. The molecule has 28 heavy (non-hydrogen) atoms. The number of hydrogen-bond acceptors (Lipinski definition) is 4. The molecule has 7 nitrogen and oxygen atoms in total. The third-order valence-electron chi connectivity index (χ3n) is 3.82. The zero-order valence-electron chi connectivity index (χ0n) is 15.8. The average Bonchev–Trinajstić information content (AvgIpc) is 2.65. The highest BCUT2D eigenvalue weighted by Gasteiger charge is 2.14. The van der Waals surface area contributed by atoms with E-state index in [1.807, 2.05) is 19.1 Å². The van der Waals surface area contributed by atoms with E-state index in [1.165, 1.54) is 0 Å². The van der Waals surface area contributed by atoms with Crippen LogP contribution in [0.25, 0.3) is 0 Å². The molecule has 0 aliphatic carbocycles. The van der Waals surface area contributed by atoms with Crippen molar-refractivity contribution in [1.29, 1.82) is 0 Å². The summed E-state index contributed by atoms with van der Waals surface area (Å²) in [6, 6.07) is 12.2. The number of anilines is 2. The maximum atomic E-state index is 12.1. The van der Waals surface area contributed by atoms with Gasteiger partial charge >= 0.3 is 11.8 Å². The molecule has 0 heterocycles. The molecule has 0 unspecified atom stereocenters. The number of nitrogens with zero attached hydrogens (tertiary/aromatic N) is 1. The molecule has 0 aliphatic heterocycles. The van der Waals surface area contributed by atoms with Crippen LogP contribution in [0.3, 0.4) is 0 Å². The molecular formula is C20H21ClN4O3. The van der Waals surface area contributed by atoms with E-state index >= 15 is 0 Å². The first-order chi connectivity index (χ1) is 13.3. The second kappa shape index (κ2) is 9.66. The standard InChI is InChI=1S/C20H21ClN4O3/c1-12-7-9-15(10-8-12)22-19(27)20(28)25-24-13(2)11-18(26)23-17-6-4-5-16(21)14(17)3/h4-10H,11H2,1-3H3,(H,22,27)(H,23,26)(H,25,28)/b24-13-. The van der Waals surface area contributed by atoms with Crippen molar-refractivity contribution in [2.24, 2.45) is 5.10 Å². The zero-order valence-corrected chi connectivity index (χ0v) is 16.6. The number of hydrazone groups is 1. The molecule has 146 valence electrons. The number of carbonyl (C=O) groups is 3. The lowest BCUT2D eigenvalue weighted by molar-refractivity contribution is -0.136. The minimum Gasteiger partial charge on any atom is -0.325 e. The molecule has 0 radical (unpaired) electrons. The number of nitrogens with one attached hydrogen (secondary N) is 3. The lowest BCUT2D eigenvalue weighted by atomic mass is 10.2. The van der Waals surface area contributed by atoms with Gasteiger partial charge in [-0.2, -0.15) is 5.10 Å². The fourth-order valence-corrected chi connectivity index (χ4v) is 2.41. The highest BCUT2D eigenvalue weighted by atomic mass is 35.5. The summed E-state index contributed by atoms with van der Waals surface area (Å²) in [4.78, 5) is 35.8. The van der Waals surface area contributed by atoms with Crippen LogP contribution in [-0.4, -0.2) is 23.4 Å². The molecular weight excluding hydrogens is 380 g/mol. The minimum atomic E-state index is -0.925. The molecule has 0 fully saturated rings. The smallest absolute Gasteiger partial charge is 0.325 e. The number of aryl methyl sites for hydroxylation is 1. The van der Waals surface area contributed by atoms with Gasteiger partial charge in [-0.15, -0.1) is 0 Å². The Balaban J connectivity index is 1.86. The molecule has 2 aromatic rings. The summed E-state index contributed by atoms with van der Waals surface area (Å²) in [6.07, 6.45) is -0.0498. The van der Waals surface area contributed by atoms with Gasteiger partial charge < -0.3 is 10.6 Å². The van der Waals surface area contributed by atoms with Crippen molar-refractivity contribution < 1.29 is 14.4 Å². The van der Waals surface area contributed by atoms with Crippen LogP contribution in [0.15, 0.2) is 47.6 Å². The maximum Gasteiger partial charge on any atom is 0.329 e. The van der Waals surface area contributed by atoms with Gasteiger partial charge in [0.25, 0.3) is 0 Å². The summed E-state index contributed by atoms with van der Waals surface area (Å²) < 4.78 is 0. The third kappa shape index (κ3) is 6.21. The quantitative estimate of drug-likeness (QED) is 0.407. The van der Waals surface area contributed by atoms with Gasteiger partial charge in [0.1, 0.15) is 0 Å². The first-order valence-corrected chi connectivity index (χ1v) is 8.90. The molecule has 8 heteroatoms. The highest BCUT2D eigenvalue weighted by molar-refractivity contribution is 6.39. The van der Waals surface area contributed by atoms with E-state index in [2.05, 4.69) is 21.2 Å². The number of carbonyl (C=O) groups excluding carboxylic acids is 3. The summed E-state index contributed by atoms with van der Waals surface area (Å²) in [5, 5.41) is 9.54. The van der Waals surface area contributed by atoms with E-state index < -0.39 is 11.8 Å². The highest BCUT2D eigenvalue weighted by Crippen LogP contribution is 2.22. The van der Waals surface area contributed by atoms with Crippen molar-refractivity contribution in [3.63, 3.8) is 0 Å². The topological polar surface area (TPSA) is 99.7 Å². The van der Waals surface area contributed by atoms with Crippen molar-refractivity contribution >= 4 is 46.4 Å². The molecule has 2 rings (SSSR count). The fourth-order valence-electron chi connectivity index (χ4n) is 2.23. The van der Waals surface area contributed by atoms with Crippen LogP contribution >= 0.6 is 11.6 Å². The number of hydrogen-bond donors (Lipinski definition) is 3. The lowest BCUT2D eigenvalue weighted by Gasteiger charge is -2.09. The van der Waals surface area contributed by atoms with Crippen molar-refractivity contribution in [2.75, 3.05) is 10.6 Å². The molecule has 0 spiro atoms. The SMILES string of the molecule is C/C(CC(=O)Nc1cccc(Cl)c1C)=N/NC(=O)C(=O)Nc1ccc(C)cc1. The molecule has 0 aromatic heterocycles. The monoisotopic (exact) mass is 400 g/mol. The number of halogens is 1. The Labute approximate surface area is 168 Å². The van der Waals surface area contributed by atoms with Crippen molar-refractivity contribution in [1.82, 2.24) is 5.43 Å². The molecule has 2 aromatic carbocycles. The Bertz CT molecular complexity index is 924. The van der Waals surface area contributed by atoms with Crippen LogP contribution in [0.2, 0.25) is 5.02 Å². The molecule has 0 bridgehead atoms. The lowest BCUT2D eigenvalue weighted by Crippen LogP contribution is -2.33. The van der Waals surface area contributed by atoms with Crippen LogP contribution in [0.4, 0.5) is 11.4 Å². The predicted octanol–water partition coefficient (Wildman–Crippen LogP) is 3.42. The summed E-state index contributed by atoms with van der Waals surface area (Å²) in [6.45, 7) is 5.29. The fraction of sp³-hybridized carbons (Fsp3) is 0.200. The van der Waals surface area contributed by atoms with Gasteiger partial charge in [0.15, 0.2) is 0 Å². The van der Waals surface area contributed by atoms with Gasteiger partial charge in [-0.3, -0.25) is 14.4 Å². The molecule has 0 saturated heterocycles. The van der Waals surface area contributed by atoms with Gasteiger partial charge in [-0.05, 0) is 50.6 Å². The van der Waals surface area contributed by atoms with E-state index in [-0.39, 0.29) is 12.3 Å². The molecule has 3 amide bonds. The Morgan fingerprint density at radius 1 is 0.964 bits per heavy atom. The Morgan fingerprint density at radius 2 is 1.64 bits per heavy atom. The predicted molar refractivity (Wildman–Crippen MR) is 110 cm³/mol. The second-order valence-electron chi connectivity index (χ2n) is 6.25. The number of amides is 3. The van der Waals surface area contributed by atoms with Gasteiger partial charge in [-0.25, -0.2) is 5.43 Å². The first-order valence-electron chi connectivity index (χ1n) is 8.52. The number of rotatable bonds is 5. The van der Waals surface area contributed by atoms with Crippen molar-refractivity contribution in [3.05, 3.63) is 58.6 Å². The van der Waals surface area contributed by atoms with E-state index in [4.69, 9.17) is 11.6 Å². The maximum absolute atomic E-state index is 12.1. The molecule has 0 atom stereocenters. The summed E-state index contributed by atoms with van der Waals surface area (Å²) in [5.74, 6) is -2.09. The van der Waals surface area contributed by atoms with E-state index in [1.54, 1.807) is 44.2 Å². The van der Waals surface area contributed by atoms with E-state index in [0.717, 1.165) is 11.1 Å².